The van der Waals surface area contributed by atoms with Gasteiger partial charge in [-0.25, -0.2) is 0 Å². The van der Waals surface area contributed by atoms with Gasteiger partial charge in [0, 0.05) is 23.6 Å². The van der Waals surface area contributed by atoms with Crippen molar-refractivity contribution in [3.05, 3.63) is 63.5 Å². The standard InChI is InChI=1S/C24H24ClNO5S2/c1-30-20-13-16(10-11-19(20)31-15-17-7-4-5-8-18(17)25)14-21-23(29)26(24(32)33-21)12-6-2-3-9-22(27)28/h4-5,7-8,10-11,13-14H,2-3,6,9,12,15H2,1H3,(H,27,28)/b21-14+. The van der Waals surface area contributed by atoms with E-state index in [4.69, 9.17) is 38.4 Å². The number of carbonyl (C=O) groups is 2. The molecule has 1 fully saturated rings. The van der Waals surface area contributed by atoms with Gasteiger partial charge in [0.1, 0.15) is 10.9 Å². The molecule has 0 radical (unpaired) electrons. The highest BCUT2D eigenvalue weighted by atomic mass is 35.5. The molecule has 6 nitrogen and oxygen atoms in total. The van der Waals surface area contributed by atoms with Crippen LogP contribution < -0.4 is 9.47 Å². The second-order valence-electron chi connectivity index (χ2n) is 7.33. The van der Waals surface area contributed by atoms with Gasteiger partial charge in [-0.2, -0.15) is 0 Å². The number of carboxylic acids is 1. The van der Waals surface area contributed by atoms with Gasteiger partial charge in [-0.15, -0.1) is 0 Å². The Morgan fingerprint density at radius 2 is 1.97 bits per heavy atom. The molecule has 1 heterocycles. The van der Waals surface area contributed by atoms with Gasteiger partial charge in [0.05, 0.1) is 12.0 Å². The van der Waals surface area contributed by atoms with Crippen LogP contribution in [0, 0.1) is 0 Å². The lowest BCUT2D eigenvalue weighted by Gasteiger charge is -2.14. The number of unbranched alkanes of at least 4 members (excludes halogenated alkanes) is 2. The Bertz CT molecular complexity index is 1070. The molecule has 1 aliphatic heterocycles. The maximum atomic E-state index is 12.8. The van der Waals surface area contributed by atoms with Crippen LogP contribution in [0.2, 0.25) is 5.02 Å². The number of amides is 1. The molecule has 0 aromatic heterocycles. The largest absolute Gasteiger partial charge is 0.493 e. The van der Waals surface area contributed by atoms with E-state index in [1.165, 1.54) is 11.8 Å². The first kappa shape index (κ1) is 25.1. The third kappa shape index (κ3) is 6.96. The van der Waals surface area contributed by atoms with Crippen LogP contribution in [-0.2, 0) is 16.2 Å². The summed E-state index contributed by atoms with van der Waals surface area (Å²) in [5.74, 6) is 0.175. The van der Waals surface area contributed by atoms with Gasteiger partial charge in [0.25, 0.3) is 5.91 Å². The van der Waals surface area contributed by atoms with Crippen LogP contribution >= 0.6 is 35.6 Å². The zero-order valence-corrected chi connectivity index (χ0v) is 20.5. The maximum absolute atomic E-state index is 12.8. The molecule has 0 aliphatic carbocycles. The van der Waals surface area contributed by atoms with Crippen LogP contribution in [0.15, 0.2) is 47.4 Å². The number of methoxy groups -OCH3 is 1. The summed E-state index contributed by atoms with van der Waals surface area (Å²) in [4.78, 5) is 25.5. The molecule has 1 amide bonds. The van der Waals surface area contributed by atoms with Crippen LogP contribution in [0.3, 0.4) is 0 Å². The number of carbonyl (C=O) groups excluding carboxylic acids is 1. The van der Waals surface area contributed by atoms with Crippen molar-refractivity contribution in [1.82, 2.24) is 4.90 Å². The molecule has 33 heavy (non-hydrogen) atoms. The summed E-state index contributed by atoms with van der Waals surface area (Å²) in [5.41, 5.74) is 1.66. The van der Waals surface area contributed by atoms with Crippen molar-refractivity contribution in [3.8, 4) is 11.5 Å². The van der Waals surface area contributed by atoms with Crippen LogP contribution in [0.25, 0.3) is 6.08 Å². The number of nitrogens with zero attached hydrogens (tertiary/aromatic N) is 1. The van der Waals surface area contributed by atoms with E-state index < -0.39 is 5.97 Å². The van der Waals surface area contributed by atoms with Gasteiger partial charge in [-0.05, 0) is 42.7 Å². The van der Waals surface area contributed by atoms with Crippen molar-refractivity contribution in [3.63, 3.8) is 0 Å². The molecule has 0 atom stereocenters. The first-order chi connectivity index (χ1) is 15.9. The minimum atomic E-state index is -0.806. The number of rotatable bonds is 11. The van der Waals surface area contributed by atoms with Gasteiger partial charge in [0.15, 0.2) is 11.5 Å². The topological polar surface area (TPSA) is 76.1 Å². The summed E-state index contributed by atoms with van der Waals surface area (Å²) < 4.78 is 11.9. The smallest absolute Gasteiger partial charge is 0.303 e. The van der Waals surface area contributed by atoms with Gasteiger partial charge in [0.2, 0.25) is 0 Å². The Labute approximate surface area is 207 Å². The third-order valence-electron chi connectivity index (χ3n) is 4.97. The Hall–Kier alpha value is -2.55. The summed E-state index contributed by atoms with van der Waals surface area (Å²) in [6.45, 7) is 0.792. The summed E-state index contributed by atoms with van der Waals surface area (Å²) >= 11 is 12.8. The Kier molecular flexibility index (Phi) is 9.17. The average molecular weight is 506 g/mol. The highest BCUT2D eigenvalue weighted by Crippen LogP contribution is 2.35. The van der Waals surface area contributed by atoms with Crippen LogP contribution in [-0.4, -0.2) is 39.9 Å². The molecular weight excluding hydrogens is 482 g/mol. The molecule has 1 aliphatic rings. The molecule has 0 spiro atoms. The zero-order chi connectivity index (χ0) is 23.8. The van der Waals surface area contributed by atoms with Gasteiger partial charge < -0.3 is 14.6 Å². The second kappa shape index (κ2) is 12.1. The molecule has 2 aromatic carbocycles. The summed E-state index contributed by atoms with van der Waals surface area (Å²) in [6, 6.07) is 12.9. The highest BCUT2D eigenvalue weighted by molar-refractivity contribution is 8.26. The van der Waals surface area contributed by atoms with E-state index in [2.05, 4.69) is 0 Å². The summed E-state index contributed by atoms with van der Waals surface area (Å²) in [7, 11) is 1.56. The Balaban J connectivity index is 1.63. The lowest BCUT2D eigenvalue weighted by molar-refractivity contribution is -0.137. The highest BCUT2D eigenvalue weighted by Gasteiger charge is 2.31. The fraction of sp³-hybridized carbons (Fsp3) is 0.292. The Morgan fingerprint density at radius 1 is 1.18 bits per heavy atom. The van der Waals surface area contributed by atoms with Crippen LogP contribution in [0.5, 0.6) is 11.5 Å². The number of hydrogen-bond acceptors (Lipinski definition) is 6. The molecule has 1 saturated heterocycles. The fourth-order valence-corrected chi connectivity index (χ4v) is 4.73. The molecule has 174 valence electrons. The normalized spacial score (nSPS) is 14.7. The van der Waals surface area contributed by atoms with Crippen molar-refractivity contribution >= 4 is 57.9 Å². The van der Waals surface area contributed by atoms with Crippen molar-refractivity contribution in [2.75, 3.05) is 13.7 Å². The van der Waals surface area contributed by atoms with E-state index in [-0.39, 0.29) is 12.3 Å². The Morgan fingerprint density at radius 3 is 2.70 bits per heavy atom. The second-order valence-corrected chi connectivity index (χ2v) is 9.41. The van der Waals surface area contributed by atoms with E-state index >= 15 is 0 Å². The molecule has 0 bridgehead atoms. The predicted octanol–water partition coefficient (Wildman–Crippen LogP) is 5.77. The lowest BCUT2D eigenvalue weighted by atomic mass is 10.1. The van der Waals surface area contributed by atoms with E-state index in [0.717, 1.165) is 17.5 Å². The fourth-order valence-electron chi connectivity index (χ4n) is 3.23. The molecule has 0 saturated carbocycles. The van der Waals surface area contributed by atoms with Crippen molar-refractivity contribution in [2.24, 2.45) is 0 Å². The monoisotopic (exact) mass is 505 g/mol. The molecule has 1 N–H and O–H groups in total. The number of carboxylic acid groups (broad SMARTS) is 1. The SMILES string of the molecule is COc1cc(/C=C2/SC(=S)N(CCCCCC(=O)O)C2=O)ccc1OCc1ccccc1Cl. The zero-order valence-electron chi connectivity index (χ0n) is 18.1. The number of benzene rings is 2. The number of ether oxygens (including phenoxy) is 2. The summed E-state index contributed by atoms with van der Waals surface area (Å²) in [6.07, 6.45) is 3.94. The number of thiocarbonyl (C=S) groups is 1. The lowest BCUT2D eigenvalue weighted by Crippen LogP contribution is -2.29. The quantitative estimate of drug-likeness (QED) is 0.236. The molecule has 3 rings (SSSR count). The molecule has 0 unspecified atom stereocenters. The van der Waals surface area contributed by atoms with Gasteiger partial charge in [-0.1, -0.05) is 66.3 Å². The minimum Gasteiger partial charge on any atom is -0.493 e. The van der Waals surface area contributed by atoms with Gasteiger partial charge >= 0.3 is 5.97 Å². The number of hydrogen-bond donors (Lipinski definition) is 1. The maximum Gasteiger partial charge on any atom is 0.303 e. The molecule has 9 heteroatoms. The summed E-state index contributed by atoms with van der Waals surface area (Å²) in [5, 5.41) is 9.35. The van der Waals surface area contributed by atoms with Crippen molar-refractivity contribution in [2.45, 2.75) is 32.3 Å². The van der Waals surface area contributed by atoms with Crippen molar-refractivity contribution in [1.29, 1.82) is 0 Å². The number of halogens is 1. The van der Waals surface area contributed by atoms with Crippen LogP contribution in [0.1, 0.15) is 36.8 Å². The first-order valence-electron chi connectivity index (χ1n) is 10.4. The number of aliphatic carboxylic acids is 1. The molecular formula is C24H24ClNO5S2. The van der Waals surface area contributed by atoms with E-state index in [1.54, 1.807) is 30.2 Å². The van der Waals surface area contributed by atoms with E-state index in [0.29, 0.717) is 51.7 Å². The van der Waals surface area contributed by atoms with E-state index in [9.17, 15) is 9.59 Å². The van der Waals surface area contributed by atoms with E-state index in [1.807, 2.05) is 30.3 Å². The average Bonchev–Trinajstić information content (AvgIpc) is 3.05. The predicted molar refractivity (Wildman–Crippen MR) is 135 cm³/mol. The molecule has 2 aromatic rings. The number of thioether (sulfide) groups is 1. The van der Waals surface area contributed by atoms with Crippen molar-refractivity contribution < 1.29 is 24.2 Å². The minimum absolute atomic E-state index is 0.137. The third-order valence-corrected chi connectivity index (χ3v) is 6.72. The van der Waals surface area contributed by atoms with Crippen LogP contribution in [0.4, 0.5) is 0 Å². The van der Waals surface area contributed by atoms with Gasteiger partial charge in [-0.3, -0.25) is 14.5 Å². The first-order valence-corrected chi connectivity index (χ1v) is 12.0.